The van der Waals surface area contributed by atoms with Crippen molar-refractivity contribution in [1.82, 2.24) is 10.4 Å². The van der Waals surface area contributed by atoms with Crippen LogP contribution in [0.2, 0.25) is 0 Å². The zero-order chi connectivity index (χ0) is 15.0. The first-order valence-electron chi connectivity index (χ1n) is 7.22. The van der Waals surface area contributed by atoms with Crippen LogP contribution in [0.1, 0.15) is 25.8 Å². The highest BCUT2D eigenvalue weighted by Crippen LogP contribution is 2.27. The number of rotatable bonds is 9. The SMILES string of the molecule is COc1ccc(CCNN(C)CCC(C)C)cc1OC. The van der Waals surface area contributed by atoms with Crippen molar-refractivity contribution in [2.24, 2.45) is 5.92 Å². The van der Waals surface area contributed by atoms with Gasteiger partial charge >= 0.3 is 0 Å². The van der Waals surface area contributed by atoms with Crippen LogP contribution in [0.15, 0.2) is 18.2 Å². The molecule has 0 saturated carbocycles. The molecule has 1 rings (SSSR count). The summed E-state index contributed by atoms with van der Waals surface area (Å²) >= 11 is 0. The maximum atomic E-state index is 5.31. The molecule has 0 radical (unpaired) electrons. The van der Waals surface area contributed by atoms with E-state index in [1.807, 2.05) is 12.1 Å². The molecule has 0 amide bonds. The van der Waals surface area contributed by atoms with E-state index >= 15 is 0 Å². The van der Waals surface area contributed by atoms with Gasteiger partial charge in [-0.25, -0.2) is 5.01 Å². The van der Waals surface area contributed by atoms with Gasteiger partial charge in [0.2, 0.25) is 0 Å². The van der Waals surface area contributed by atoms with Gasteiger partial charge in [-0.05, 0) is 36.5 Å². The molecule has 0 bridgehead atoms. The number of methoxy groups -OCH3 is 2. The van der Waals surface area contributed by atoms with Gasteiger partial charge in [-0.3, -0.25) is 5.43 Å². The van der Waals surface area contributed by atoms with Crippen LogP contribution >= 0.6 is 0 Å². The lowest BCUT2D eigenvalue weighted by atomic mass is 10.1. The quantitative estimate of drug-likeness (QED) is 0.705. The predicted molar refractivity (Wildman–Crippen MR) is 83.3 cm³/mol. The van der Waals surface area contributed by atoms with Crippen LogP contribution in [-0.4, -0.2) is 39.4 Å². The van der Waals surface area contributed by atoms with Crippen molar-refractivity contribution in [3.05, 3.63) is 23.8 Å². The van der Waals surface area contributed by atoms with Gasteiger partial charge in [-0.2, -0.15) is 0 Å². The van der Waals surface area contributed by atoms with Gasteiger partial charge in [-0.15, -0.1) is 0 Å². The monoisotopic (exact) mass is 280 g/mol. The van der Waals surface area contributed by atoms with Gasteiger partial charge in [0.1, 0.15) is 0 Å². The number of nitrogens with zero attached hydrogens (tertiary/aromatic N) is 1. The summed E-state index contributed by atoms with van der Waals surface area (Å²) in [6.45, 7) is 6.49. The summed E-state index contributed by atoms with van der Waals surface area (Å²) < 4.78 is 10.6. The second kappa shape index (κ2) is 8.82. The fraction of sp³-hybridized carbons (Fsp3) is 0.625. The molecular formula is C16H28N2O2. The number of hydrogen-bond donors (Lipinski definition) is 1. The van der Waals surface area contributed by atoms with Gasteiger partial charge in [-0.1, -0.05) is 19.9 Å². The molecule has 0 aliphatic heterocycles. The molecule has 0 unspecified atom stereocenters. The maximum Gasteiger partial charge on any atom is 0.160 e. The first kappa shape index (κ1) is 16.8. The average Bonchev–Trinajstić information content (AvgIpc) is 2.44. The Morgan fingerprint density at radius 3 is 2.45 bits per heavy atom. The number of hydrogen-bond acceptors (Lipinski definition) is 4. The molecule has 1 aromatic carbocycles. The van der Waals surface area contributed by atoms with Gasteiger partial charge in [0.15, 0.2) is 11.5 Å². The van der Waals surface area contributed by atoms with Crippen LogP contribution in [0, 0.1) is 5.92 Å². The molecule has 0 aliphatic rings. The van der Waals surface area contributed by atoms with Crippen LogP contribution in [0.4, 0.5) is 0 Å². The van der Waals surface area contributed by atoms with E-state index in [1.165, 1.54) is 12.0 Å². The number of hydrazine groups is 1. The zero-order valence-corrected chi connectivity index (χ0v) is 13.4. The molecule has 20 heavy (non-hydrogen) atoms. The summed E-state index contributed by atoms with van der Waals surface area (Å²) in [5.74, 6) is 2.31. The fourth-order valence-electron chi connectivity index (χ4n) is 1.96. The van der Waals surface area contributed by atoms with Gasteiger partial charge in [0.25, 0.3) is 0 Å². The van der Waals surface area contributed by atoms with E-state index in [-0.39, 0.29) is 0 Å². The van der Waals surface area contributed by atoms with Gasteiger partial charge < -0.3 is 9.47 Å². The summed E-state index contributed by atoms with van der Waals surface area (Å²) in [7, 11) is 5.42. The minimum Gasteiger partial charge on any atom is -0.493 e. The summed E-state index contributed by atoms with van der Waals surface area (Å²) in [4.78, 5) is 0. The highest BCUT2D eigenvalue weighted by atomic mass is 16.5. The Hall–Kier alpha value is -1.26. The smallest absolute Gasteiger partial charge is 0.160 e. The molecule has 0 heterocycles. The Kier molecular flexibility index (Phi) is 7.41. The first-order valence-corrected chi connectivity index (χ1v) is 7.22. The normalized spacial score (nSPS) is 11.2. The highest BCUT2D eigenvalue weighted by Gasteiger charge is 2.05. The van der Waals surface area contributed by atoms with E-state index in [4.69, 9.17) is 9.47 Å². The zero-order valence-electron chi connectivity index (χ0n) is 13.4. The Morgan fingerprint density at radius 2 is 1.85 bits per heavy atom. The molecule has 4 nitrogen and oxygen atoms in total. The van der Waals surface area contributed by atoms with Crippen LogP contribution in [0.5, 0.6) is 11.5 Å². The Balaban J connectivity index is 2.38. The van der Waals surface area contributed by atoms with Gasteiger partial charge in [0.05, 0.1) is 14.2 Å². The Morgan fingerprint density at radius 1 is 1.15 bits per heavy atom. The van der Waals surface area contributed by atoms with E-state index in [0.29, 0.717) is 0 Å². The van der Waals surface area contributed by atoms with E-state index < -0.39 is 0 Å². The van der Waals surface area contributed by atoms with Crippen molar-refractivity contribution in [2.45, 2.75) is 26.7 Å². The first-order chi connectivity index (χ1) is 9.56. The minimum atomic E-state index is 0.741. The molecule has 0 spiro atoms. The predicted octanol–water partition coefficient (Wildman–Crippen LogP) is 2.73. The van der Waals surface area contributed by atoms with Crippen LogP contribution in [0.3, 0.4) is 0 Å². The van der Waals surface area contributed by atoms with E-state index in [9.17, 15) is 0 Å². The molecule has 0 aliphatic carbocycles. The second-order valence-corrected chi connectivity index (χ2v) is 5.45. The van der Waals surface area contributed by atoms with Crippen molar-refractivity contribution in [3.8, 4) is 11.5 Å². The fourth-order valence-corrected chi connectivity index (χ4v) is 1.96. The molecule has 114 valence electrons. The molecule has 0 saturated heterocycles. The molecular weight excluding hydrogens is 252 g/mol. The second-order valence-electron chi connectivity index (χ2n) is 5.45. The van der Waals surface area contributed by atoms with E-state index in [1.54, 1.807) is 14.2 Å². The van der Waals surface area contributed by atoms with Crippen LogP contribution < -0.4 is 14.9 Å². The molecule has 1 aromatic rings. The standard InChI is InChI=1S/C16H28N2O2/c1-13(2)9-11-18(3)17-10-8-14-6-7-15(19-4)16(12-14)20-5/h6-7,12-13,17H,8-11H2,1-5H3. The molecule has 0 fully saturated rings. The minimum absolute atomic E-state index is 0.741. The van der Waals surface area contributed by atoms with Crippen molar-refractivity contribution < 1.29 is 9.47 Å². The van der Waals surface area contributed by atoms with Crippen LogP contribution in [0.25, 0.3) is 0 Å². The lowest BCUT2D eigenvalue weighted by Crippen LogP contribution is -2.36. The van der Waals surface area contributed by atoms with Crippen molar-refractivity contribution in [3.63, 3.8) is 0 Å². The largest absolute Gasteiger partial charge is 0.493 e. The van der Waals surface area contributed by atoms with E-state index in [2.05, 4.69) is 37.4 Å². The third kappa shape index (κ3) is 5.80. The third-order valence-electron chi connectivity index (χ3n) is 3.29. The molecule has 0 aromatic heterocycles. The lowest BCUT2D eigenvalue weighted by molar-refractivity contribution is 0.223. The number of nitrogens with one attached hydrogen (secondary N) is 1. The summed E-state index contributed by atoms with van der Waals surface area (Å²) in [6.07, 6.45) is 2.17. The third-order valence-corrected chi connectivity index (χ3v) is 3.29. The highest BCUT2D eigenvalue weighted by molar-refractivity contribution is 5.42. The molecule has 0 atom stereocenters. The van der Waals surface area contributed by atoms with E-state index in [0.717, 1.165) is 36.9 Å². The number of ether oxygens (including phenoxy) is 2. The van der Waals surface area contributed by atoms with Crippen LogP contribution in [-0.2, 0) is 6.42 Å². The van der Waals surface area contributed by atoms with Crippen molar-refractivity contribution >= 4 is 0 Å². The lowest BCUT2D eigenvalue weighted by Gasteiger charge is -2.19. The average molecular weight is 280 g/mol. The maximum absolute atomic E-state index is 5.31. The Bertz CT molecular complexity index is 394. The summed E-state index contributed by atoms with van der Waals surface area (Å²) in [5, 5.41) is 2.17. The molecule has 4 heteroatoms. The van der Waals surface area contributed by atoms with Crippen molar-refractivity contribution in [2.75, 3.05) is 34.4 Å². The number of benzene rings is 1. The Labute approximate surface area is 123 Å². The topological polar surface area (TPSA) is 33.7 Å². The van der Waals surface area contributed by atoms with Gasteiger partial charge in [0, 0.05) is 20.1 Å². The van der Waals surface area contributed by atoms with Crippen molar-refractivity contribution in [1.29, 1.82) is 0 Å². The molecule has 1 N–H and O–H groups in total. The summed E-state index contributed by atoms with van der Waals surface area (Å²) in [6, 6.07) is 6.07. The summed E-state index contributed by atoms with van der Waals surface area (Å²) in [5.41, 5.74) is 4.66.